The van der Waals surface area contributed by atoms with E-state index in [0.29, 0.717) is 5.92 Å². The van der Waals surface area contributed by atoms with E-state index in [1.807, 2.05) is 18.2 Å². The van der Waals surface area contributed by atoms with Crippen molar-refractivity contribution in [1.82, 2.24) is 19.8 Å². The van der Waals surface area contributed by atoms with Crippen LogP contribution in [0.5, 0.6) is 0 Å². The molecule has 0 bridgehead atoms. The van der Waals surface area contributed by atoms with E-state index in [1.165, 1.54) is 5.56 Å². The van der Waals surface area contributed by atoms with Crippen LogP contribution in [0.15, 0.2) is 40.7 Å². The maximum absolute atomic E-state index is 6.23. The number of rotatable bonds is 7. The summed E-state index contributed by atoms with van der Waals surface area (Å²) in [4.78, 5) is 0.804. The van der Waals surface area contributed by atoms with Crippen LogP contribution in [0.2, 0.25) is 0 Å². The molecule has 2 aromatic heterocycles. The number of aromatic nitrogens is 4. The molecule has 0 aliphatic carbocycles. The quantitative estimate of drug-likeness (QED) is 0.645. The Balaban J connectivity index is 1.64. The van der Waals surface area contributed by atoms with Gasteiger partial charge >= 0.3 is 0 Å². The molecule has 24 heavy (non-hydrogen) atoms. The van der Waals surface area contributed by atoms with Gasteiger partial charge in [-0.2, -0.15) is 4.52 Å². The van der Waals surface area contributed by atoms with Crippen molar-refractivity contribution in [3.05, 3.63) is 47.8 Å². The lowest BCUT2D eigenvalue weighted by atomic mass is 10.0. The first-order valence-corrected chi connectivity index (χ1v) is 9.76. The first kappa shape index (κ1) is 17.1. The summed E-state index contributed by atoms with van der Waals surface area (Å²) in [7, 11) is 0. The van der Waals surface area contributed by atoms with Gasteiger partial charge in [0, 0.05) is 5.75 Å². The zero-order valence-electron chi connectivity index (χ0n) is 13.8. The van der Waals surface area contributed by atoms with Crippen molar-refractivity contribution in [3.8, 4) is 0 Å². The average Bonchev–Trinajstić information content (AvgIpc) is 3.11. The summed E-state index contributed by atoms with van der Waals surface area (Å²) >= 11 is 3.25. The predicted molar refractivity (Wildman–Crippen MR) is 101 cm³/mol. The summed E-state index contributed by atoms with van der Waals surface area (Å²) < 4.78 is 2.77. The fourth-order valence-electron chi connectivity index (χ4n) is 2.39. The molecule has 3 aromatic rings. The average molecular weight is 360 g/mol. The van der Waals surface area contributed by atoms with Crippen LogP contribution >= 0.6 is 23.1 Å². The van der Waals surface area contributed by atoms with Gasteiger partial charge in [0.15, 0.2) is 10.2 Å². The van der Waals surface area contributed by atoms with E-state index in [-0.39, 0.29) is 6.04 Å². The summed E-state index contributed by atoms with van der Waals surface area (Å²) in [5.74, 6) is 2.14. The highest BCUT2D eigenvalue weighted by Crippen LogP contribution is 2.26. The lowest BCUT2D eigenvalue weighted by molar-refractivity contribution is 0.485. The van der Waals surface area contributed by atoms with Crippen molar-refractivity contribution in [3.63, 3.8) is 0 Å². The molecule has 0 unspecified atom stereocenters. The van der Waals surface area contributed by atoms with Crippen LogP contribution in [-0.2, 0) is 0 Å². The van der Waals surface area contributed by atoms with Gasteiger partial charge in [-0.15, -0.1) is 15.3 Å². The summed E-state index contributed by atoms with van der Waals surface area (Å²) in [5.41, 5.74) is 7.43. The Labute approximate surface area is 150 Å². The molecule has 0 radical (unpaired) electrons. The SMILES string of the molecule is CC(C)C[C@H](N)c1nnc2sc(SC/C=C/c3ccccc3)nn12. The van der Waals surface area contributed by atoms with Gasteiger partial charge < -0.3 is 5.73 Å². The monoisotopic (exact) mass is 359 g/mol. The minimum absolute atomic E-state index is 0.127. The van der Waals surface area contributed by atoms with Gasteiger partial charge in [-0.3, -0.25) is 0 Å². The van der Waals surface area contributed by atoms with E-state index in [4.69, 9.17) is 5.73 Å². The van der Waals surface area contributed by atoms with Crippen molar-refractivity contribution in [1.29, 1.82) is 0 Å². The molecule has 1 aromatic carbocycles. The molecule has 3 rings (SSSR count). The van der Waals surface area contributed by atoms with Crippen molar-refractivity contribution >= 4 is 34.1 Å². The van der Waals surface area contributed by atoms with Gasteiger partial charge in [-0.25, -0.2) is 0 Å². The van der Waals surface area contributed by atoms with Crippen LogP contribution in [0, 0.1) is 5.92 Å². The highest BCUT2D eigenvalue weighted by atomic mass is 32.2. The molecule has 1 atom stereocenters. The number of thioether (sulfide) groups is 1. The lowest BCUT2D eigenvalue weighted by Gasteiger charge is -2.10. The smallest absolute Gasteiger partial charge is 0.235 e. The summed E-state index contributed by atoms with van der Waals surface area (Å²) in [6.45, 7) is 4.30. The van der Waals surface area contributed by atoms with Crippen molar-refractivity contribution in [2.75, 3.05) is 5.75 Å². The third kappa shape index (κ3) is 4.23. The number of nitrogens with zero attached hydrogens (tertiary/aromatic N) is 4. The van der Waals surface area contributed by atoms with Gasteiger partial charge in [0.05, 0.1) is 6.04 Å². The van der Waals surface area contributed by atoms with Crippen LogP contribution in [0.1, 0.15) is 37.7 Å². The van der Waals surface area contributed by atoms with Gasteiger partial charge in [-0.1, -0.05) is 79.4 Å². The van der Waals surface area contributed by atoms with Crippen LogP contribution in [0.4, 0.5) is 0 Å². The first-order valence-electron chi connectivity index (χ1n) is 7.95. The third-order valence-corrected chi connectivity index (χ3v) is 5.45. The molecule has 0 amide bonds. The Hall–Kier alpha value is -1.70. The minimum atomic E-state index is -0.127. The van der Waals surface area contributed by atoms with Gasteiger partial charge in [-0.05, 0) is 17.9 Å². The molecule has 5 nitrogen and oxygen atoms in total. The molecule has 0 fully saturated rings. The van der Waals surface area contributed by atoms with Crippen LogP contribution in [-0.4, -0.2) is 25.6 Å². The Kier molecular flexibility index (Phi) is 5.65. The topological polar surface area (TPSA) is 69.1 Å². The molecule has 0 aliphatic heterocycles. The zero-order valence-corrected chi connectivity index (χ0v) is 15.4. The molecule has 0 saturated heterocycles. The van der Waals surface area contributed by atoms with Gasteiger partial charge in [0.2, 0.25) is 4.96 Å². The number of hydrogen-bond acceptors (Lipinski definition) is 6. The standard InChI is InChI=1S/C17H21N5S2/c1-12(2)11-14(18)15-19-20-16-22(15)21-17(24-16)23-10-6-9-13-7-4-3-5-8-13/h3-9,12,14H,10-11,18H2,1-2H3/b9-6+/t14-/m0/s1. The normalized spacial score (nSPS) is 13.3. The van der Waals surface area contributed by atoms with Gasteiger partial charge in [0.1, 0.15) is 0 Å². The van der Waals surface area contributed by atoms with E-state index in [9.17, 15) is 0 Å². The maximum atomic E-state index is 6.23. The van der Waals surface area contributed by atoms with Gasteiger partial charge in [0.25, 0.3) is 0 Å². The third-order valence-electron chi connectivity index (χ3n) is 3.47. The van der Waals surface area contributed by atoms with E-state index in [0.717, 1.165) is 27.3 Å². The molecule has 2 heterocycles. The Morgan fingerprint density at radius 1 is 1.25 bits per heavy atom. The lowest BCUT2D eigenvalue weighted by Crippen LogP contribution is -2.16. The summed E-state index contributed by atoms with van der Waals surface area (Å²) in [6.07, 6.45) is 5.14. The fraction of sp³-hybridized carbons (Fsp3) is 0.353. The second-order valence-corrected chi connectivity index (χ2v) is 8.20. The number of nitrogens with two attached hydrogens (primary N) is 1. The van der Waals surface area contributed by atoms with Crippen molar-refractivity contribution < 1.29 is 0 Å². The fourth-order valence-corrected chi connectivity index (χ4v) is 4.10. The molecule has 0 aliphatic rings. The van der Waals surface area contributed by atoms with E-state index in [1.54, 1.807) is 27.6 Å². The van der Waals surface area contributed by atoms with E-state index < -0.39 is 0 Å². The van der Waals surface area contributed by atoms with Crippen LogP contribution in [0.25, 0.3) is 11.0 Å². The van der Waals surface area contributed by atoms with E-state index >= 15 is 0 Å². The van der Waals surface area contributed by atoms with Crippen molar-refractivity contribution in [2.24, 2.45) is 11.7 Å². The van der Waals surface area contributed by atoms with Crippen LogP contribution in [0.3, 0.4) is 0 Å². The molecule has 7 heteroatoms. The first-order chi connectivity index (χ1) is 11.6. The molecular formula is C17H21N5S2. The van der Waals surface area contributed by atoms with Crippen molar-refractivity contribution in [2.45, 2.75) is 30.6 Å². The Morgan fingerprint density at radius 3 is 2.79 bits per heavy atom. The number of fused-ring (bicyclic) bond motifs is 1. The van der Waals surface area contributed by atoms with E-state index in [2.05, 4.69) is 53.4 Å². The number of benzene rings is 1. The Morgan fingerprint density at radius 2 is 2.04 bits per heavy atom. The molecular weight excluding hydrogens is 338 g/mol. The van der Waals surface area contributed by atoms with Crippen LogP contribution < -0.4 is 5.73 Å². The number of hydrogen-bond donors (Lipinski definition) is 1. The molecule has 0 saturated carbocycles. The summed E-state index contributed by atoms with van der Waals surface area (Å²) in [6, 6.07) is 10.2. The highest BCUT2D eigenvalue weighted by molar-refractivity contribution is 8.01. The zero-order chi connectivity index (χ0) is 16.9. The summed E-state index contributed by atoms with van der Waals surface area (Å²) in [5, 5.41) is 13.0. The second kappa shape index (κ2) is 7.92. The molecule has 0 spiro atoms. The molecule has 2 N–H and O–H groups in total. The minimum Gasteiger partial charge on any atom is -0.321 e. The molecule has 126 valence electrons. The second-order valence-electron chi connectivity index (χ2n) is 5.98. The predicted octanol–water partition coefficient (Wildman–Crippen LogP) is 4.04. The Bertz CT molecular complexity index is 807. The highest BCUT2D eigenvalue weighted by Gasteiger charge is 2.18. The largest absolute Gasteiger partial charge is 0.321 e. The maximum Gasteiger partial charge on any atom is 0.235 e.